The Labute approximate surface area is 136 Å². The van der Waals surface area contributed by atoms with Gasteiger partial charge in [0.05, 0.1) is 19.8 Å². The maximum atomic E-state index is 12.0. The van der Waals surface area contributed by atoms with Crippen molar-refractivity contribution in [1.29, 1.82) is 0 Å². The van der Waals surface area contributed by atoms with Crippen LogP contribution in [0.1, 0.15) is 42.4 Å². The van der Waals surface area contributed by atoms with Crippen LogP contribution in [0.15, 0.2) is 6.07 Å². The van der Waals surface area contributed by atoms with Crippen LogP contribution in [0.25, 0.3) is 0 Å². The normalized spacial score (nSPS) is 18.7. The second-order valence-electron chi connectivity index (χ2n) is 6.52. The summed E-state index contributed by atoms with van der Waals surface area (Å²) in [6.07, 6.45) is 3.67. The minimum Gasteiger partial charge on any atom is -0.493 e. The Kier molecular flexibility index (Phi) is 3.79. The van der Waals surface area contributed by atoms with Crippen LogP contribution in [0.4, 0.5) is 4.79 Å². The van der Waals surface area contributed by atoms with E-state index in [-0.39, 0.29) is 6.09 Å². The molecule has 5 nitrogen and oxygen atoms in total. The van der Waals surface area contributed by atoms with Crippen molar-refractivity contribution in [3.63, 3.8) is 0 Å². The number of amides is 1. The van der Waals surface area contributed by atoms with E-state index < -0.39 is 0 Å². The van der Waals surface area contributed by atoms with Crippen LogP contribution >= 0.6 is 0 Å². The molecule has 0 unspecified atom stereocenters. The molecule has 1 saturated heterocycles. The summed E-state index contributed by atoms with van der Waals surface area (Å²) in [5.74, 6) is 2.42. The molecule has 4 rings (SSSR count). The smallest absolute Gasteiger partial charge is 0.409 e. The van der Waals surface area contributed by atoms with Gasteiger partial charge in [-0.2, -0.15) is 0 Å². The average Bonchev–Trinajstić information content (AvgIpc) is 3.13. The summed E-state index contributed by atoms with van der Waals surface area (Å²) in [6, 6.07) is 2.14. The lowest BCUT2D eigenvalue weighted by molar-refractivity contribution is 0.0700. The molecule has 0 N–H and O–H groups in total. The molecule has 0 bridgehead atoms. The number of hydrogen-bond acceptors (Lipinski definition) is 4. The van der Waals surface area contributed by atoms with Gasteiger partial charge in [-0.3, -0.25) is 0 Å². The summed E-state index contributed by atoms with van der Waals surface area (Å²) in [5.41, 5.74) is 3.82. The highest BCUT2D eigenvalue weighted by Gasteiger charge is 2.39. The number of nitrogens with zero attached hydrogens (tertiary/aromatic N) is 1. The van der Waals surface area contributed by atoms with Crippen molar-refractivity contribution in [2.45, 2.75) is 38.5 Å². The molecule has 3 heterocycles. The van der Waals surface area contributed by atoms with E-state index in [0.717, 1.165) is 63.5 Å². The summed E-state index contributed by atoms with van der Waals surface area (Å²) >= 11 is 0. The van der Waals surface area contributed by atoms with Crippen LogP contribution < -0.4 is 9.47 Å². The third kappa shape index (κ3) is 2.52. The Bertz CT molecular complexity index is 590. The molecule has 23 heavy (non-hydrogen) atoms. The lowest BCUT2D eigenvalue weighted by atomic mass is 9.85. The first-order valence-corrected chi connectivity index (χ1v) is 8.64. The van der Waals surface area contributed by atoms with Crippen LogP contribution in [0, 0.1) is 0 Å². The topological polar surface area (TPSA) is 48.0 Å². The highest BCUT2D eigenvalue weighted by Crippen LogP contribution is 2.46. The van der Waals surface area contributed by atoms with E-state index >= 15 is 0 Å². The van der Waals surface area contributed by atoms with E-state index in [0.29, 0.717) is 12.5 Å². The molecule has 5 heteroatoms. The quantitative estimate of drug-likeness (QED) is 0.801. The molecule has 3 aliphatic rings. The van der Waals surface area contributed by atoms with Gasteiger partial charge in [-0.1, -0.05) is 13.3 Å². The first-order chi connectivity index (χ1) is 11.3. The number of ether oxygens (including phenoxy) is 3. The molecule has 124 valence electrons. The van der Waals surface area contributed by atoms with E-state index in [4.69, 9.17) is 14.2 Å². The largest absolute Gasteiger partial charge is 0.493 e. The Morgan fingerprint density at radius 1 is 1.30 bits per heavy atom. The van der Waals surface area contributed by atoms with Gasteiger partial charge < -0.3 is 19.1 Å². The zero-order valence-corrected chi connectivity index (χ0v) is 13.6. The second-order valence-corrected chi connectivity index (χ2v) is 6.52. The molecule has 1 aromatic rings. The summed E-state index contributed by atoms with van der Waals surface area (Å²) in [6.45, 7) is 5.55. The number of fused-ring (bicyclic) bond motifs is 2. The van der Waals surface area contributed by atoms with Crippen LogP contribution in [0.2, 0.25) is 0 Å². The number of likely N-dealkylation sites (tertiary alicyclic amines) is 1. The molecular formula is C18H23NO4. The standard InChI is InChI=1S/C18H23NO4/c1-2-3-6-23-18(20)19-10-13(11-19)16-14-5-8-21-15(14)9-12-4-7-22-17(12)16/h9,13H,2-8,10-11H2,1H3. The van der Waals surface area contributed by atoms with Crippen molar-refractivity contribution in [3.8, 4) is 11.5 Å². The fourth-order valence-corrected chi connectivity index (χ4v) is 3.66. The molecule has 1 amide bonds. The monoisotopic (exact) mass is 317 g/mol. The highest BCUT2D eigenvalue weighted by molar-refractivity contribution is 5.70. The van der Waals surface area contributed by atoms with Crippen molar-refractivity contribution in [2.75, 3.05) is 32.9 Å². The zero-order valence-electron chi connectivity index (χ0n) is 13.6. The molecule has 0 aliphatic carbocycles. The van der Waals surface area contributed by atoms with Crippen molar-refractivity contribution >= 4 is 6.09 Å². The highest BCUT2D eigenvalue weighted by atomic mass is 16.6. The summed E-state index contributed by atoms with van der Waals surface area (Å²) in [4.78, 5) is 13.8. The van der Waals surface area contributed by atoms with Gasteiger partial charge >= 0.3 is 6.09 Å². The van der Waals surface area contributed by atoms with Gasteiger partial charge in [-0.05, 0) is 12.5 Å². The molecule has 0 saturated carbocycles. The van der Waals surface area contributed by atoms with Crippen LogP contribution in [-0.2, 0) is 17.6 Å². The van der Waals surface area contributed by atoms with Gasteiger partial charge in [0.1, 0.15) is 11.5 Å². The van der Waals surface area contributed by atoms with Gasteiger partial charge in [0.15, 0.2) is 0 Å². The maximum Gasteiger partial charge on any atom is 0.409 e. The second kappa shape index (κ2) is 5.95. The molecule has 1 aromatic carbocycles. The summed E-state index contributed by atoms with van der Waals surface area (Å²) < 4.78 is 16.9. The lowest BCUT2D eigenvalue weighted by Crippen LogP contribution is -2.49. The van der Waals surface area contributed by atoms with E-state index in [1.807, 2.05) is 0 Å². The molecule has 1 fully saturated rings. The van der Waals surface area contributed by atoms with Crippen molar-refractivity contribution in [3.05, 3.63) is 22.8 Å². The lowest BCUT2D eigenvalue weighted by Gasteiger charge is -2.39. The molecule has 0 spiro atoms. The average molecular weight is 317 g/mol. The molecule has 0 atom stereocenters. The first-order valence-electron chi connectivity index (χ1n) is 8.64. The molecular weight excluding hydrogens is 294 g/mol. The molecule has 0 radical (unpaired) electrons. The van der Waals surface area contributed by atoms with Crippen LogP contribution in [0.3, 0.4) is 0 Å². The fourth-order valence-electron chi connectivity index (χ4n) is 3.66. The van der Waals surface area contributed by atoms with E-state index in [2.05, 4.69) is 13.0 Å². The number of carbonyl (C=O) groups is 1. The number of hydrogen-bond donors (Lipinski definition) is 0. The van der Waals surface area contributed by atoms with Gasteiger partial charge in [0, 0.05) is 48.5 Å². The predicted octanol–water partition coefficient (Wildman–Crippen LogP) is 2.89. The minimum absolute atomic E-state index is 0.184. The number of unbranched alkanes of at least 4 members (excludes halogenated alkanes) is 1. The molecule has 3 aliphatic heterocycles. The minimum atomic E-state index is -0.184. The summed E-state index contributed by atoms with van der Waals surface area (Å²) in [7, 11) is 0. The fraction of sp³-hybridized carbons (Fsp3) is 0.611. The maximum absolute atomic E-state index is 12.0. The Balaban J connectivity index is 1.48. The third-order valence-electron chi connectivity index (χ3n) is 4.96. The van der Waals surface area contributed by atoms with Gasteiger partial charge in [-0.25, -0.2) is 4.79 Å². The van der Waals surface area contributed by atoms with Crippen LogP contribution in [-0.4, -0.2) is 43.9 Å². The van der Waals surface area contributed by atoms with Gasteiger partial charge in [0.25, 0.3) is 0 Å². The van der Waals surface area contributed by atoms with E-state index in [9.17, 15) is 4.79 Å². The van der Waals surface area contributed by atoms with Gasteiger partial charge in [0.2, 0.25) is 0 Å². The number of rotatable bonds is 4. The SMILES string of the molecule is CCCCOC(=O)N1CC(c2c3c(cc4c2OCC4)OCC3)C1. The summed E-state index contributed by atoms with van der Waals surface area (Å²) in [5, 5.41) is 0. The third-order valence-corrected chi connectivity index (χ3v) is 4.96. The first kappa shape index (κ1) is 14.7. The molecule has 0 aromatic heterocycles. The van der Waals surface area contributed by atoms with Crippen LogP contribution in [0.5, 0.6) is 11.5 Å². The van der Waals surface area contributed by atoms with E-state index in [1.165, 1.54) is 16.7 Å². The predicted molar refractivity (Wildman–Crippen MR) is 85.4 cm³/mol. The number of benzene rings is 1. The van der Waals surface area contributed by atoms with Gasteiger partial charge in [-0.15, -0.1) is 0 Å². The van der Waals surface area contributed by atoms with Crippen molar-refractivity contribution in [1.82, 2.24) is 4.90 Å². The van der Waals surface area contributed by atoms with E-state index in [1.54, 1.807) is 4.90 Å². The van der Waals surface area contributed by atoms with Crippen molar-refractivity contribution < 1.29 is 19.0 Å². The Morgan fingerprint density at radius 3 is 2.96 bits per heavy atom. The Morgan fingerprint density at radius 2 is 2.13 bits per heavy atom. The Hall–Kier alpha value is -1.91. The van der Waals surface area contributed by atoms with Crippen molar-refractivity contribution in [2.24, 2.45) is 0 Å². The zero-order chi connectivity index (χ0) is 15.8. The number of carbonyl (C=O) groups excluding carboxylic acids is 1.